The number of fused-ring (bicyclic) bond motifs is 1. The zero-order valence-electron chi connectivity index (χ0n) is 17.2. The van der Waals surface area contributed by atoms with E-state index >= 15 is 0 Å². The van der Waals surface area contributed by atoms with Crippen LogP contribution in [-0.2, 0) is 4.79 Å². The van der Waals surface area contributed by atoms with Crippen molar-refractivity contribution in [3.63, 3.8) is 0 Å². The summed E-state index contributed by atoms with van der Waals surface area (Å²) < 4.78 is 25.8. The van der Waals surface area contributed by atoms with Crippen LogP contribution in [-0.4, -0.2) is 34.2 Å². The van der Waals surface area contributed by atoms with Gasteiger partial charge in [-0.3, -0.25) is 4.79 Å². The quantitative estimate of drug-likeness (QED) is 0.528. The number of phenols is 1. The summed E-state index contributed by atoms with van der Waals surface area (Å²) in [5.41, 5.74) is 6.52. The molecule has 1 aliphatic carbocycles. The van der Waals surface area contributed by atoms with Crippen LogP contribution in [0.5, 0.6) is 17.2 Å². The molecule has 4 rings (SSSR count). The molecule has 1 fully saturated rings. The number of nitrogens with two attached hydrogens (primary N) is 1. The average molecular weight is 426 g/mol. The minimum atomic E-state index is -0.747. The molecular formula is C22H23FN4O4. The Morgan fingerprint density at radius 1 is 1.29 bits per heavy atom. The van der Waals surface area contributed by atoms with Crippen LogP contribution in [0.1, 0.15) is 24.8 Å². The number of aromatic hydroxyl groups is 1. The molecule has 0 radical (unpaired) electrons. The van der Waals surface area contributed by atoms with E-state index in [1.54, 1.807) is 19.1 Å². The van der Waals surface area contributed by atoms with Gasteiger partial charge in [-0.25, -0.2) is 14.4 Å². The number of halogens is 1. The van der Waals surface area contributed by atoms with E-state index in [9.17, 15) is 14.3 Å². The summed E-state index contributed by atoms with van der Waals surface area (Å²) in [6.07, 6.45) is 3.39. The van der Waals surface area contributed by atoms with Crippen LogP contribution in [0.2, 0.25) is 0 Å². The second-order valence-corrected chi connectivity index (χ2v) is 7.57. The number of aromatic nitrogens is 2. The minimum Gasteiger partial charge on any atom is -0.508 e. The highest BCUT2D eigenvalue weighted by Crippen LogP contribution is 2.39. The molecule has 0 aliphatic heterocycles. The van der Waals surface area contributed by atoms with Gasteiger partial charge in [0.25, 0.3) is 5.91 Å². The Balaban J connectivity index is 1.74. The topological polar surface area (TPSA) is 120 Å². The van der Waals surface area contributed by atoms with Crippen LogP contribution >= 0.6 is 0 Å². The molecule has 0 saturated heterocycles. The van der Waals surface area contributed by atoms with Crippen LogP contribution in [0.4, 0.5) is 15.9 Å². The first-order valence-electron chi connectivity index (χ1n) is 9.93. The molecule has 31 heavy (non-hydrogen) atoms. The first-order chi connectivity index (χ1) is 14.9. The van der Waals surface area contributed by atoms with Gasteiger partial charge in [0.1, 0.15) is 23.7 Å². The number of benzene rings is 2. The summed E-state index contributed by atoms with van der Waals surface area (Å²) in [5.74, 6) is 0.0266. The Morgan fingerprint density at radius 3 is 2.71 bits per heavy atom. The number of rotatable bonds is 7. The number of carbonyl (C=O) groups excluding carboxylic acids is 1. The molecule has 1 atom stereocenters. The van der Waals surface area contributed by atoms with E-state index in [4.69, 9.17) is 15.2 Å². The van der Waals surface area contributed by atoms with Crippen molar-refractivity contribution in [1.82, 2.24) is 9.97 Å². The Bertz CT molecular complexity index is 1150. The molecule has 1 saturated carbocycles. The normalized spacial score (nSPS) is 14.7. The summed E-state index contributed by atoms with van der Waals surface area (Å²) in [6, 6.07) is 5.76. The van der Waals surface area contributed by atoms with Gasteiger partial charge in [0.2, 0.25) is 0 Å². The van der Waals surface area contributed by atoms with Gasteiger partial charge in [-0.1, -0.05) is 6.42 Å². The molecule has 4 N–H and O–H groups in total. The number of anilines is 2. The van der Waals surface area contributed by atoms with Crippen molar-refractivity contribution in [2.75, 3.05) is 12.4 Å². The van der Waals surface area contributed by atoms with Crippen molar-refractivity contribution in [3.8, 4) is 17.2 Å². The molecule has 0 spiro atoms. The Hall–Kier alpha value is -3.62. The number of phenolic OH excluding ortho intramolecular Hbond substituents is 1. The van der Waals surface area contributed by atoms with E-state index < -0.39 is 17.8 Å². The van der Waals surface area contributed by atoms with Crippen LogP contribution < -0.4 is 20.5 Å². The molecule has 8 nitrogen and oxygen atoms in total. The molecule has 1 heterocycles. The largest absolute Gasteiger partial charge is 0.508 e. The standard InChI is InChI=1S/C22H23FN4O4/c1-11-16(28)7-6-14(23)19(11)27-22-13-8-17(30-2)18(9-15(13)25-10-26-22)31-20(21(24)29)12-4-3-5-12/h6-10,12,20,28H,3-5H2,1-2H3,(H2,24,29)(H,25,26,27). The summed E-state index contributed by atoms with van der Waals surface area (Å²) in [7, 11) is 1.48. The number of methoxy groups -OCH3 is 1. The number of carbonyl (C=O) groups is 1. The van der Waals surface area contributed by atoms with Crippen molar-refractivity contribution in [1.29, 1.82) is 0 Å². The van der Waals surface area contributed by atoms with E-state index in [2.05, 4.69) is 15.3 Å². The molecule has 162 valence electrons. The minimum absolute atomic E-state index is 0.0379. The highest BCUT2D eigenvalue weighted by molar-refractivity contribution is 5.93. The van der Waals surface area contributed by atoms with Crippen LogP contribution in [0.15, 0.2) is 30.6 Å². The fourth-order valence-corrected chi connectivity index (χ4v) is 3.62. The SMILES string of the molecule is COc1cc2c(Nc3c(F)ccc(O)c3C)ncnc2cc1OC(C(N)=O)C1CCC1. The van der Waals surface area contributed by atoms with E-state index in [1.165, 1.54) is 25.6 Å². The maximum absolute atomic E-state index is 14.4. The molecule has 1 amide bonds. The molecule has 1 aromatic heterocycles. The summed E-state index contributed by atoms with van der Waals surface area (Å²) >= 11 is 0. The predicted octanol–water partition coefficient (Wildman–Crippen LogP) is 3.57. The van der Waals surface area contributed by atoms with Gasteiger partial charge in [-0.05, 0) is 38.0 Å². The van der Waals surface area contributed by atoms with E-state index in [0.717, 1.165) is 19.3 Å². The van der Waals surface area contributed by atoms with E-state index in [1.807, 2.05) is 0 Å². The van der Waals surface area contributed by atoms with E-state index in [-0.39, 0.29) is 17.4 Å². The zero-order valence-corrected chi connectivity index (χ0v) is 17.2. The van der Waals surface area contributed by atoms with Gasteiger partial charge < -0.3 is 25.6 Å². The maximum Gasteiger partial charge on any atom is 0.258 e. The van der Waals surface area contributed by atoms with Gasteiger partial charge in [-0.15, -0.1) is 0 Å². The van der Waals surface area contributed by atoms with Crippen LogP contribution in [0.25, 0.3) is 10.9 Å². The lowest BCUT2D eigenvalue weighted by Crippen LogP contribution is -2.42. The first-order valence-corrected chi connectivity index (χ1v) is 9.93. The summed E-state index contributed by atoms with van der Waals surface area (Å²) in [4.78, 5) is 20.4. The third-order valence-electron chi connectivity index (χ3n) is 5.66. The monoisotopic (exact) mass is 426 g/mol. The second-order valence-electron chi connectivity index (χ2n) is 7.57. The van der Waals surface area contributed by atoms with E-state index in [0.29, 0.717) is 33.8 Å². The molecule has 0 bridgehead atoms. The fraction of sp³-hybridized carbons (Fsp3) is 0.318. The van der Waals surface area contributed by atoms with Gasteiger partial charge in [0, 0.05) is 22.9 Å². The smallest absolute Gasteiger partial charge is 0.258 e. The fourth-order valence-electron chi connectivity index (χ4n) is 3.62. The Morgan fingerprint density at radius 2 is 2.06 bits per heavy atom. The molecule has 1 unspecified atom stereocenters. The average Bonchev–Trinajstić information content (AvgIpc) is 2.71. The lowest BCUT2D eigenvalue weighted by molar-refractivity contribution is -0.128. The van der Waals surface area contributed by atoms with Crippen LogP contribution in [0, 0.1) is 18.7 Å². The molecule has 9 heteroatoms. The summed E-state index contributed by atoms with van der Waals surface area (Å²) in [6.45, 7) is 1.60. The number of nitrogens with one attached hydrogen (secondary N) is 1. The molecular weight excluding hydrogens is 403 g/mol. The second kappa shape index (κ2) is 8.25. The number of amides is 1. The molecule has 1 aliphatic rings. The van der Waals surface area contributed by atoms with Crippen molar-refractivity contribution in [2.24, 2.45) is 11.7 Å². The number of nitrogens with zero attached hydrogens (tertiary/aromatic N) is 2. The maximum atomic E-state index is 14.4. The van der Waals surface area contributed by atoms with Crippen LogP contribution in [0.3, 0.4) is 0 Å². The van der Waals surface area contributed by atoms with Gasteiger partial charge in [-0.2, -0.15) is 0 Å². The first kappa shape index (κ1) is 20.6. The third-order valence-corrected chi connectivity index (χ3v) is 5.66. The highest BCUT2D eigenvalue weighted by Gasteiger charge is 2.34. The Labute approximate surface area is 178 Å². The van der Waals surface area contributed by atoms with Crippen molar-refractivity contribution < 1.29 is 23.8 Å². The number of primary amides is 1. The number of hydrogen-bond donors (Lipinski definition) is 3. The van der Waals surface area contributed by atoms with Gasteiger partial charge >= 0.3 is 0 Å². The molecule has 2 aromatic carbocycles. The van der Waals surface area contributed by atoms with Crippen molar-refractivity contribution >= 4 is 28.3 Å². The predicted molar refractivity (Wildman–Crippen MR) is 113 cm³/mol. The summed E-state index contributed by atoms with van der Waals surface area (Å²) in [5, 5.41) is 13.4. The number of ether oxygens (including phenoxy) is 2. The highest BCUT2D eigenvalue weighted by atomic mass is 19.1. The third kappa shape index (κ3) is 3.90. The molecule has 3 aromatic rings. The lowest BCUT2D eigenvalue weighted by atomic mass is 9.81. The van der Waals surface area contributed by atoms with Crippen molar-refractivity contribution in [2.45, 2.75) is 32.3 Å². The lowest BCUT2D eigenvalue weighted by Gasteiger charge is -2.32. The van der Waals surface area contributed by atoms with Crippen molar-refractivity contribution in [3.05, 3.63) is 42.0 Å². The van der Waals surface area contributed by atoms with Gasteiger partial charge in [0.05, 0.1) is 18.3 Å². The zero-order chi connectivity index (χ0) is 22.1. The van der Waals surface area contributed by atoms with Gasteiger partial charge in [0.15, 0.2) is 17.6 Å². The number of hydrogen-bond acceptors (Lipinski definition) is 7. The Kier molecular flexibility index (Phi) is 5.50.